The number of aryl methyl sites for hydroxylation is 1. The van der Waals surface area contributed by atoms with Gasteiger partial charge in [0, 0.05) is 5.69 Å². The van der Waals surface area contributed by atoms with Gasteiger partial charge < -0.3 is 5.73 Å². The first-order valence-electron chi connectivity index (χ1n) is 5.42. The van der Waals surface area contributed by atoms with E-state index in [2.05, 4.69) is 0 Å². The zero-order chi connectivity index (χ0) is 12.3. The SMILES string of the molecule is Cc1cc(S(=O)(=O)CCC(C)C)ccc1N. The van der Waals surface area contributed by atoms with Crippen LogP contribution >= 0.6 is 0 Å². The molecule has 0 amide bonds. The number of sulfone groups is 1. The molecule has 0 fully saturated rings. The second-order valence-corrected chi connectivity index (χ2v) is 6.63. The lowest BCUT2D eigenvalue weighted by Crippen LogP contribution is -2.09. The molecule has 0 unspecified atom stereocenters. The summed E-state index contributed by atoms with van der Waals surface area (Å²) in [5, 5.41) is 0. The zero-order valence-electron chi connectivity index (χ0n) is 10.0. The minimum atomic E-state index is -3.15. The maximum atomic E-state index is 12.0. The summed E-state index contributed by atoms with van der Waals surface area (Å²) in [4.78, 5) is 0.375. The van der Waals surface area contributed by atoms with Crippen LogP contribution in [0.1, 0.15) is 25.8 Å². The van der Waals surface area contributed by atoms with E-state index in [4.69, 9.17) is 5.73 Å². The Morgan fingerprint density at radius 2 is 1.94 bits per heavy atom. The summed E-state index contributed by atoms with van der Waals surface area (Å²) in [6, 6.07) is 4.88. The van der Waals surface area contributed by atoms with E-state index in [1.54, 1.807) is 18.2 Å². The van der Waals surface area contributed by atoms with Crippen LogP contribution in [0.15, 0.2) is 23.1 Å². The lowest BCUT2D eigenvalue weighted by molar-refractivity contribution is 0.573. The van der Waals surface area contributed by atoms with Crippen LogP contribution in [0, 0.1) is 12.8 Å². The molecular weight excluding hydrogens is 222 g/mol. The van der Waals surface area contributed by atoms with Crippen LogP contribution in [-0.2, 0) is 9.84 Å². The van der Waals surface area contributed by atoms with Gasteiger partial charge in [-0.15, -0.1) is 0 Å². The number of hydrogen-bond donors (Lipinski definition) is 1. The van der Waals surface area contributed by atoms with Crippen LogP contribution < -0.4 is 5.73 Å². The molecule has 0 saturated carbocycles. The Hall–Kier alpha value is -1.03. The molecule has 0 aliphatic heterocycles. The van der Waals surface area contributed by atoms with E-state index in [0.717, 1.165) is 5.56 Å². The van der Waals surface area contributed by atoms with Crippen LogP contribution in [0.25, 0.3) is 0 Å². The van der Waals surface area contributed by atoms with E-state index in [-0.39, 0.29) is 5.75 Å². The van der Waals surface area contributed by atoms with Gasteiger partial charge in [-0.3, -0.25) is 0 Å². The molecule has 16 heavy (non-hydrogen) atoms. The zero-order valence-corrected chi connectivity index (χ0v) is 10.8. The van der Waals surface area contributed by atoms with Crippen molar-refractivity contribution in [2.45, 2.75) is 32.1 Å². The van der Waals surface area contributed by atoms with E-state index in [1.165, 1.54) is 0 Å². The number of rotatable bonds is 4. The molecular formula is C12H19NO2S. The fraction of sp³-hybridized carbons (Fsp3) is 0.500. The van der Waals surface area contributed by atoms with Crippen LogP contribution in [0.3, 0.4) is 0 Å². The first-order valence-corrected chi connectivity index (χ1v) is 7.07. The number of hydrogen-bond acceptors (Lipinski definition) is 3. The smallest absolute Gasteiger partial charge is 0.178 e. The molecule has 1 rings (SSSR count). The summed E-state index contributed by atoms with van der Waals surface area (Å²) in [5.74, 6) is 0.596. The van der Waals surface area contributed by atoms with Crippen molar-refractivity contribution in [1.82, 2.24) is 0 Å². The molecule has 0 saturated heterocycles. The second-order valence-electron chi connectivity index (χ2n) is 4.52. The van der Waals surface area contributed by atoms with Gasteiger partial charge in [-0.05, 0) is 43.0 Å². The van der Waals surface area contributed by atoms with E-state index in [0.29, 0.717) is 22.9 Å². The Bertz CT molecular complexity index is 464. The van der Waals surface area contributed by atoms with Crippen molar-refractivity contribution < 1.29 is 8.42 Å². The highest BCUT2D eigenvalue weighted by Crippen LogP contribution is 2.19. The third-order valence-electron chi connectivity index (χ3n) is 2.56. The number of nitrogens with two attached hydrogens (primary N) is 1. The Kier molecular flexibility index (Phi) is 3.97. The fourth-order valence-electron chi connectivity index (χ4n) is 1.35. The first kappa shape index (κ1) is 13.0. The van der Waals surface area contributed by atoms with Gasteiger partial charge in [0.15, 0.2) is 9.84 Å². The van der Waals surface area contributed by atoms with Gasteiger partial charge in [0.1, 0.15) is 0 Å². The largest absolute Gasteiger partial charge is 0.399 e. The topological polar surface area (TPSA) is 60.2 Å². The molecule has 0 radical (unpaired) electrons. The fourth-order valence-corrected chi connectivity index (χ4v) is 3.00. The van der Waals surface area contributed by atoms with Crippen molar-refractivity contribution in [1.29, 1.82) is 0 Å². The Morgan fingerprint density at radius 3 is 2.44 bits per heavy atom. The average molecular weight is 241 g/mol. The summed E-state index contributed by atoms with van der Waals surface area (Å²) in [5.41, 5.74) is 7.10. The minimum Gasteiger partial charge on any atom is -0.399 e. The van der Waals surface area contributed by atoms with Gasteiger partial charge in [0.2, 0.25) is 0 Å². The van der Waals surface area contributed by atoms with E-state index in [1.807, 2.05) is 20.8 Å². The molecule has 1 aromatic carbocycles. The van der Waals surface area contributed by atoms with Crippen LogP contribution in [-0.4, -0.2) is 14.2 Å². The molecule has 2 N–H and O–H groups in total. The van der Waals surface area contributed by atoms with Gasteiger partial charge in [0.25, 0.3) is 0 Å². The first-order chi connectivity index (χ1) is 7.33. The predicted molar refractivity (Wildman–Crippen MR) is 67.1 cm³/mol. The number of nitrogen functional groups attached to an aromatic ring is 1. The summed E-state index contributed by atoms with van der Waals surface area (Å²) in [6.45, 7) is 5.85. The predicted octanol–water partition coefficient (Wildman–Crippen LogP) is 2.40. The standard InChI is InChI=1S/C12H19NO2S/c1-9(2)6-7-16(14,15)11-4-5-12(13)10(3)8-11/h4-5,8-9H,6-7,13H2,1-3H3. The molecule has 0 aliphatic rings. The Morgan fingerprint density at radius 1 is 1.31 bits per heavy atom. The molecule has 0 atom stereocenters. The molecule has 0 heterocycles. The van der Waals surface area contributed by atoms with Gasteiger partial charge in [-0.25, -0.2) is 8.42 Å². The highest BCUT2D eigenvalue weighted by molar-refractivity contribution is 7.91. The Labute approximate surface area is 97.6 Å². The average Bonchev–Trinajstić information content (AvgIpc) is 2.19. The van der Waals surface area contributed by atoms with Crippen molar-refractivity contribution in [3.8, 4) is 0 Å². The summed E-state index contributed by atoms with van der Waals surface area (Å²) in [7, 11) is -3.15. The van der Waals surface area contributed by atoms with Crippen LogP contribution in [0.2, 0.25) is 0 Å². The number of benzene rings is 1. The maximum Gasteiger partial charge on any atom is 0.178 e. The second kappa shape index (κ2) is 4.87. The summed E-state index contributed by atoms with van der Waals surface area (Å²) in [6.07, 6.45) is 0.686. The Balaban J connectivity index is 2.94. The monoisotopic (exact) mass is 241 g/mol. The molecule has 0 aliphatic carbocycles. The highest BCUT2D eigenvalue weighted by atomic mass is 32.2. The van der Waals surface area contributed by atoms with Gasteiger partial charge in [-0.1, -0.05) is 13.8 Å². The van der Waals surface area contributed by atoms with E-state index >= 15 is 0 Å². The third kappa shape index (κ3) is 3.23. The molecule has 90 valence electrons. The minimum absolute atomic E-state index is 0.202. The normalized spacial score (nSPS) is 12.0. The lowest BCUT2D eigenvalue weighted by atomic mass is 10.2. The molecule has 0 spiro atoms. The molecule has 1 aromatic rings. The van der Waals surface area contributed by atoms with Gasteiger partial charge in [0.05, 0.1) is 10.6 Å². The van der Waals surface area contributed by atoms with Crippen molar-refractivity contribution in [2.75, 3.05) is 11.5 Å². The van der Waals surface area contributed by atoms with Crippen LogP contribution in [0.5, 0.6) is 0 Å². The highest BCUT2D eigenvalue weighted by Gasteiger charge is 2.15. The summed E-state index contributed by atoms with van der Waals surface area (Å²) >= 11 is 0. The van der Waals surface area contributed by atoms with Crippen LogP contribution in [0.4, 0.5) is 5.69 Å². The van der Waals surface area contributed by atoms with Crippen molar-refractivity contribution in [3.05, 3.63) is 23.8 Å². The van der Waals surface area contributed by atoms with E-state index < -0.39 is 9.84 Å². The maximum absolute atomic E-state index is 12.0. The molecule has 3 nitrogen and oxygen atoms in total. The third-order valence-corrected chi connectivity index (χ3v) is 4.31. The molecule has 0 bridgehead atoms. The van der Waals surface area contributed by atoms with E-state index in [9.17, 15) is 8.42 Å². The van der Waals surface area contributed by atoms with Crippen molar-refractivity contribution in [3.63, 3.8) is 0 Å². The van der Waals surface area contributed by atoms with Crippen molar-refractivity contribution >= 4 is 15.5 Å². The lowest BCUT2D eigenvalue weighted by Gasteiger charge is -2.08. The molecule has 4 heteroatoms. The number of anilines is 1. The molecule has 0 aromatic heterocycles. The van der Waals surface area contributed by atoms with Gasteiger partial charge >= 0.3 is 0 Å². The summed E-state index contributed by atoms with van der Waals surface area (Å²) < 4.78 is 23.9. The van der Waals surface area contributed by atoms with Gasteiger partial charge in [-0.2, -0.15) is 0 Å². The quantitative estimate of drug-likeness (QED) is 0.823. The van der Waals surface area contributed by atoms with Crippen molar-refractivity contribution in [2.24, 2.45) is 5.92 Å².